The Labute approximate surface area is 126 Å². The SMILES string of the molecule is COCCOCCN1CCNCC1c1cccc(Cl)c1. The lowest BCUT2D eigenvalue weighted by molar-refractivity contribution is 0.0448. The first-order chi connectivity index (χ1) is 9.81. The van der Waals surface area contributed by atoms with Crippen molar-refractivity contribution in [3.63, 3.8) is 0 Å². The minimum atomic E-state index is 0.369. The van der Waals surface area contributed by atoms with Gasteiger partial charge in [0.05, 0.1) is 19.8 Å². The molecular formula is C15H23ClN2O2. The molecule has 1 aliphatic rings. The zero-order valence-electron chi connectivity index (χ0n) is 12.0. The summed E-state index contributed by atoms with van der Waals surface area (Å²) < 4.78 is 10.5. The lowest BCUT2D eigenvalue weighted by Gasteiger charge is -2.36. The third kappa shape index (κ3) is 4.72. The maximum atomic E-state index is 6.10. The second-order valence-corrected chi connectivity index (χ2v) is 5.35. The molecule has 20 heavy (non-hydrogen) atoms. The van der Waals surface area contributed by atoms with E-state index in [1.807, 2.05) is 12.1 Å². The van der Waals surface area contributed by atoms with Crippen LogP contribution in [0.15, 0.2) is 24.3 Å². The van der Waals surface area contributed by atoms with Crippen LogP contribution in [0.25, 0.3) is 0 Å². The van der Waals surface area contributed by atoms with Gasteiger partial charge in [0.1, 0.15) is 0 Å². The summed E-state index contributed by atoms with van der Waals surface area (Å²) >= 11 is 6.10. The van der Waals surface area contributed by atoms with Crippen LogP contribution in [-0.2, 0) is 9.47 Å². The van der Waals surface area contributed by atoms with E-state index in [2.05, 4.69) is 22.3 Å². The monoisotopic (exact) mass is 298 g/mol. The average molecular weight is 299 g/mol. The van der Waals surface area contributed by atoms with Crippen LogP contribution < -0.4 is 5.32 Å². The van der Waals surface area contributed by atoms with Gasteiger partial charge in [-0.3, -0.25) is 4.90 Å². The van der Waals surface area contributed by atoms with E-state index in [1.165, 1.54) is 5.56 Å². The molecule has 0 spiro atoms. The molecule has 0 amide bonds. The number of benzene rings is 1. The van der Waals surface area contributed by atoms with E-state index in [4.69, 9.17) is 21.1 Å². The van der Waals surface area contributed by atoms with Crippen LogP contribution in [-0.4, -0.2) is 58.0 Å². The highest BCUT2D eigenvalue weighted by atomic mass is 35.5. The Hall–Kier alpha value is -0.650. The second kappa shape index (κ2) is 8.60. The summed E-state index contributed by atoms with van der Waals surface area (Å²) in [5.74, 6) is 0. The van der Waals surface area contributed by atoms with Crippen molar-refractivity contribution < 1.29 is 9.47 Å². The number of nitrogens with one attached hydrogen (secondary N) is 1. The minimum Gasteiger partial charge on any atom is -0.382 e. The fourth-order valence-electron chi connectivity index (χ4n) is 2.48. The summed E-state index contributed by atoms with van der Waals surface area (Å²) in [5, 5.41) is 4.24. The first-order valence-electron chi connectivity index (χ1n) is 7.08. The molecule has 1 fully saturated rings. The molecule has 0 aromatic heterocycles. The summed E-state index contributed by atoms with van der Waals surface area (Å²) in [6, 6.07) is 8.49. The molecule has 1 atom stereocenters. The largest absolute Gasteiger partial charge is 0.382 e. The number of rotatable bonds is 7. The standard InChI is InChI=1S/C15H23ClN2O2/c1-19-9-10-20-8-7-18-6-5-17-12-15(18)13-3-2-4-14(16)11-13/h2-4,11,15,17H,5-10,12H2,1H3. The lowest BCUT2D eigenvalue weighted by atomic mass is 10.0. The lowest BCUT2D eigenvalue weighted by Crippen LogP contribution is -2.47. The molecule has 0 aliphatic carbocycles. The third-order valence-corrected chi connectivity index (χ3v) is 3.78. The van der Waals surface area contributed by atoms with Crippen molar-refractivity contribution in [2.24, 2.45) is 0 Å². The van der Waals surface area contributed by atoms with Crippen molar-refractivity contribution in [3.05, 3.63) is 34.9 Å². The molecule has 1 heterocycles. The molecule has 112 valence electrons. The smallest absolute Gasteiger partial charge is 0.0700 e. The van der Waals surface area contributed by atoms with Gasteiger partial charge in [0, 0.05) is 44.4 Å². The quantitative estimate of drug-likeness (QED) is 0.780. The normalized spacial score (nSPS) is 20.2. The Morgan fingerprint density at radius 1 is 1.35 bits per heavy atom. The van der Waals surface area contributed by atoms with Crippen molar-refractivity contribution in [2.75, 3.05) is 53.1 Å². The van der Waals surface area contributed by atoms with E-state index in [-0.39, 0.29) is 0 Å². The Bertz CT molecular complexity index is 403. The Balaban J connectivity index is 1.88. The van der Waals surface area contributed by atoms with Gasteiger partial charge in [-0.2, -0.15) is 0 Å². The predicted octanol–water partition coefficient (Wildman–Crippen LogP) is 1.95. The molecule has 1 aromatic carbocycles. The number of methoxy groups -OCH3 is 1. The fraction of sp³-hybridized carbons (Fsp3) is 0.600. The molecular weight excluding hydrogens is 276 g/mol. The number of halogens is 1. The van der Waals surface area contributed by atoms with Crippen molar-refractivity contribution in [1.82, 2.24) is 10.2 Å². The van der Waals surface area contributed by atoms with Crippen molar-refractivity contribution in [3.8, 4) is 0 Å². The molecule has 1 unspecified atom stereocenters. The van der Waals surface area contributed by atoms with E-state index in [9.17, 15) is 0 Å². The van der Waals surface area contributed by atoms with Gasteiger partial charge >= 0.3 is 0 Å². The van der Waals surface area contributed by atoms with Crippen molar-refractivity contribution in [2.45, 2.75) is 6.04 Å². The van der Waals surface area contributed by atoms with E-state index in [1.54, 1.807) is 7.11 Å². The third-order valence-electron chi connectivity index (χ3n) is 3.54. The molecule has 1 N–H and O–H groups in total. The fourth-order valence-corrected chi connectivity index (χ4v) is 2.68. The number of piperazine rings is 1. The second-order valence-electron chi connectivity index (χ2n) is 4.92. The molecule has 5 heteroatoms. The zero-order chi connectivity index (χ0) is 14.2. The van der Waals surface area contributed by atoms with Crippen molar-refractivity contribution >= 4 is 11.6 Å². The van der Waals surface area contributed by atoms with Crippen LogP contribution in [0.1, 0.15) is 11.6 Å². The number of hydrogen-bond acceptors (Lipinski definition) is 4. The minimum absolute atomic E-state index is 0.369. The average Bonchev–Trinajstić information content (AvgIpc) is 2.47. The van der Waals surface area contributed by atoms with E-state index in [0.29, 0.717) is 19.3 Å². The molecule has 1 aromatic rings. The van der Waals surface area contributed by atoms with Gasteiger partial charge in [-0.05, 0) is 17.7 Å². The number of nitrogens with zero attached hydrogens (tertiary/aromatic N) is 1. The highest BCUT2D eigenvalue weighted by Gasteiger charge is 2.23. The molecule has 2 rings (SSSR count). The molecule has 4 nitrogen and oxygen atoms in total. The van der Waals surface area contributed by atoms with Crippen molar-refractivity contribution in [1.29, 1.82) is 0 Å². The number of ether oxygens (including phenoxy) is 2. The summed E-state index contributed by atoms with van der Waals surface area (Å²) in [6.45, 7) is 5.99. The highest BCUT2D eigenvalue weighted by Crippen LogP contribution is 2.24. The summed E-state index contributed by atoms with van der Waals surface area (Å²) in [5.41, 5.74) is 1.27. The zero-order valence-corrected chi connectivity index (χ0v) is 12.7. The molecule has 0 bridgehead atoms. The van der Waals surface area contributed by atoms with Gasteiger partial charge in [-0.1, -0.05) is 23.7 Å². The first-order valence-corrected chi connectivity index (χ1v) is 7.46. The van der Waals surface area contributed by atoms with Gasteiger partial charge < -0.3 is 14.8 Å². The number of hydrogen-bond donors (Lipinski definition) is 1. The van der Waals surface area contributed by atoms with E-state index >= 15 is 0 Å². The van der Waals surface area contributed by atoms with Crippen LogP contribution in [0.4, 0.5) is 0 Å². The molecule has 0 radical (unpaired) electrons. The van der Waals surface area contributed by atoms with E-state index in [0.717, 1.165) is 37.8 Å². The van der Waals surface area contributed by atoms with Gasteiger partial charge in [-0.15, -0.1) is 0 Å². The van der Waals surface area contributed by atoms with E-state index < -0.39 is 0 Å². The summed E-state index contributed by atoms with van der Waals surface area (Å²) in [4.78, 5) is 2.45. The summed E-state index contributed by atoms with van der Waals surface area (Å²) in [7, 11) is 1.69. The molecule has 1 saturated heterocycles. The van der Waals surface area contributed by atoms with Crippen LogP contribution >= 0.6 is 11.6 Å². The first kappa shape index (κ1) is 15.7. The molecule has 1 aliphatic heterocycles. The molecule has 0 saturated carbocycles. The van der Waals surface area contributed by atoms with Crippen LogP contribution in [0.3, 0.4) is 0 Å². The van der Waals surface area contributed by atoms with Crippen LogP contribution in [0.5, 0.6) is 0 Å². The topological polar surface area (TPSA) is 33.7 Å². The maximum Gasteiger partial charge on any atom is 0.0700 e. The van der Waals surface area contributed by atoms with Gasteiger partial charge in [0.25, 0.3) is 0 Å². The Morgan fingerprint density at radius 3 is 3.05 bits per heavy atom. The van der Waals surface area contributed by atoms with Gasteiger partial charge in [0.2, 0.25) is 0 Å². The predicted molar refractivity (Wildman–Crippen MR) is 81.3 cm³/mol. The summed E-state index contributed by atoms with van der Waals surface area (Å²) in [6.07, 6.45) is 0. The Kier molecular flexibility index (Phi) is 6.76. The Morgan fingerprint density at radius 2 is 2.25 bits per heavy atom. The van der Waals surface area contributed by atoms with Gasteiger partial charge in [-0.25, -0.2) is 0 Å². The van der Waals surface area contributed by atoms with Gasteiger partial charge in [0.15, 0.2) is 0 Å². The maximum absolute atomic E-state index is 6.10. The highest BCUT2D eigenvalue weighted by molar-refractivity contribution is 6.30. The van der Waals surface area contributed by atoms with Crippen LogP contribution in [0.2, 0.25) is 5.02 Å². The van der Waals surface area contributed by atoms with Crippen LogP contribution in [0, 0.1) is 0 Å².